The molecule has 2 saturated carbocycles. The molecule has 4 rings (SSSR count). The fourth-order valence-corrected chi connectivity index (χ4v) is 3.83. The lowest BCUT2D eigenvalue weighted by Crippen LogP contribution is -2.26. The summed E-state index contributed by atoms with van der Waals surface area (Å²) in [5.41, 5.74) is 0. The molecule has 7 nitrogen and oxygen atoms in total. The first kappa shape index (κ1) is 16.3. The molecule has 0 amide bonds. The van der Waals surface area contributed by atoms with Crippen LogP contribution >= 0.6 is 0 Å². The van der Waals surface area contributed by atoms with Gasteiger partial charge in [0.15, 0.2) is 6.79 Å². The third-order valence-corrected chi connectivity index (χ3v) is 5.43. The van der Waals surface area contributed by atoms with Crippen molar-refractivity contribution in [3.63, 3.8) is 0 Å². The molecule has 0 aromatic carbocycles. The van der Waals surface area contributed by atoms with Crippen LogP contribution in [0.15, 0.2) is 0 Å². The number of fused-ring (bicyclic) bond motifs is 2. The van der Waals surface area contributed by atoms with E-state index in [1.165, 1.54) is 0 Å². The van der Waals surface area contributed by atoms with Crippen LogP contribution in [0.25, 0.3) is 0 Å². The summed E-state index contributed by atoms with van der Waals surface area (Å²) in [6.45, 7) is 0.318. The summed E-state index contributed by atoms with van der Waals surface area (Å²) in [7, 11) is 0. The predicted octanol–water partition coefficient (Wildman–Crippen LogP) is 1.18. The lowest BCUT2D eigenvalue weighted by molar-refractivity contribution is -0.166. The minimum Gasteiger partial charge on any atom is -0.463 e. The number of hydrogen-bond donors (Lipinski definition) is 0. The van der Waals surface area contributed by atoms with Crippen molar-refractivity contribution in [2.24, 2.45) is 11.8 Å². The monoisotopic (exact) mass is 340 g/mol. The van der Waals surface area contributed by atoms with E-state index in [9.17, 15) is 9.59 Å². The molecule has 2 aliphatic heterocycles. The van der Waals surface area contributed by atoms with E-state index in [2.05, 4.69) is 0 Å². The first-order chi connectivity index (χ1) is 11.7. The molecule has 0 aromatic rings. The molecule has 0 radical (unpaired) electrons. The van der Waals surface area contributed by atoms with Crippen LogP contribution < -0.4 is 0 Å². The molecule has 4 fully saturated rings. The fourth-order valence-electron chi connectivity index (χ4n) is 3.83. The molecule has 24 heavy (non-hydrogen) atoms. The first-order valence-corrected chi connectivity index (χ1v) is 8.92. The zero-order valence-electron chi connectivity index (χ0n) is 13.7. The Labute approximate surface area is 140 Å². The van der Waals surface area contributed by atoms with E-state index in [1.54, 1.807) is 0 Å². The summed E-state index contributed by atoms with van der Waals surface area (Å²) in [6.07, 6.45) is 6.37. The van der Waals surface area contributed by atoms with E-state index < -0.39 is 0 Å². The van der Waals surface area contributed by atoms with E-state index in [4.69, 9.17) is 23.7 Å². The van der Waals surface area contributed by atoms with E-state index in [0.29, 0.717) is 12.2 Å². The Hall–Kier alpha value is -1.18. The number of esters is 2. The van der Waals surface area contributed by atoms with Crippen LogP contribution in [0.3, 0.4) is 0 Å². The van der Waals surface area contributed by atoms with Gasteiger partial charge >= 0.3 is 11.9 Å². The van der Waals surface area contributed by atoms with Crippen LogP contribution in [0.2, 0.25) is 0 Å². The van der Waals surface area contributed by atoms with Crippen LogP contribution in [-0.4, -0.2) is 56.4 Å². The van der Waals surface area contributed by atoms with E-state index in [1.807, 2.05) is 0 Å². The smallest absolute Gasteiger partial charge is 0.311 e. The van der Waals surface area contributed by atoms with E-state index in [-0.39, 0.29) is 56.0 Å². The largest absolute Gasteiger partial charge is 0.463 e. The topological polar surface area (TPSA) is 86.9 Å². The second kappa shape index (κ2) is 6.98. The molecule has 0 spiro atoms. The number of carbonyl (C=O) groups excluding carboxylic acids is 2. The van der Waals surface area contributed by atoms with Gasteiger partial charge in [0.2, 0.25) is 0 Å². The summed E-state index contributed by atoms with van der Waals surface area (Å²) >= 11 is 0. The molecule has 7 heteroatoms. The molecule has 0 bridgehead atoms. The highest BCUT2D eigenvalue weighted by Gasteiger charge is 2.47. The maximum atomic E-state index is 11.9. The Bertz CT molecular complexity index is 449. The molecule has 2 aliphatic carbocycles. The molecule has 0 aromatic heterocycles. The number of carbonyl (C=O) groups is 2. The van der Waals surface area contributed by atoms with Crippen molar-refractivity contribution in [1.29, 1.82) is 0 Å². The summed E-state index contributed by atoms with van der Waals surface area (Å²) < 4.78 is 26.4. The zero-order chi connectivity index (χ0) is 16.5. The van der Waals surface area contributed by atoms with Crippen LogP contribution in [0.5, 0.6) is 0 Å². The molecule has 134 valence electrons. The van der Waals surface area contributed by atoms with Crippen molar-refractivity contribution in [3.05, 3.63) is 0 Å². The fraction of sp³-hybridized carbons (Fsp3) is 0.882. The Morgan fingerprint density at radius 1 is 0.750 bits per heavy atom. The standard InChI is InChI=1S/C17H24O7/c18-16(10-1-3-12-14(7-10)23-12)21-6-5-20-9-22-17(19)11-2-4-13-15(8-11)24-13/h10-15H,1-9H2. The summed E-state index contributed by atoms with van der Waals surface area (Å²) in [4.78, 5) is 23.8. The van der Waals surface area contributed by atoms with Crippen molar-refractivity contribution in [2.75, 3.05) is 20.0 Å². The number of ether oxygens (including phenoxy) is 5. The molecular weight excluding hydrogens is 316 g/mol. The lowest BCUT2D eigenvalue weighted by Gasteiger charge is -2.18. The summed E-state index contributed by atoms with van der Waals surface area (Å²) in [5, 5.41) is 0. The summed E-state index contributed by atoms with van der Waals surface area (Å²) in [6, 6.07) is 0. The van der Waals surface area contributed by atoms with Gasteiger partial charge in [-0.05, 0) is 38.5 Å². The van der Waals surface area contributed by atoms with Crippen LogP contribution in [-0.2, 0) is 33.3 Å². The zero-order valence-corrected chi connectivity index (χ0v) is 13.7. The minimum absolute atomic E-state index is 0.0497. The highest BCUT2D eigenvalue weighted by Crippen LogP contribution is 2.40. The van der Waals surface area contributed by atoms with Crippen molar-refractivity contribution < 1.29 is 33.3 Å². The summed E-state index contributed by atoms with van der Waals surface area (Å²) in [5.74, 6) is -0.519. The molecule has 4 aliphatic rings. The molecule has 6 atom stereocenters. The maximum absolute atomic E-state index is 11.9. The van der Waals surface area contributed by atoms with Crippen LogP contribution in [0, 0.1) is 11.8 Å². The van der Waals surface area contributed by atoms with Crippen LogP contribution in [0.4, 0.5) is 0 Å². The average Bonchev–Trinajstić information content (AvgIpc) is 3.49. The Morgan fingerprint density at radius 3 is 1.92 bits per heavy atom. The van der Waals surface area contributed by atoms with Gasteiger partial charge < -0.3 is 23.7 Å². The highest BCUT2D eigenvalue weighted by molar-refractivity contribution is 5.73. The van der Waals surface area contributed by atoms with Gasteiger partial charge in [-0.15, -0.1) is 0 Å². The Kier molecular flexibility index (Phi) is 4.74. The molecule has 6 unspecified atom stereocenters. The van der Waals surface area contributed by atoms with Crippen molar-refractivity contribution >= 4 is 11.9 Å². The first-order valence-electron chi connectivity index (χ1n) is 8.92. The second-order valence-corrected chi connectivity index (χ2v) is 7.10. The van der Waals surface area contributed by atoms with Crippen molar-refractivity contribution in [3.8, 4) is 0 Å². The molecule has 2 saturated heterocycles. The maximum Gasteiger partial charge on any atom is 0.311 e. The average molecular weight is 340 g/mol. The third-order valence-electron chi connectivity index (χ3n) is 5.43. The van der Waals surface area contributed by atoms with Gasteiger partial charge in [-0.25, -0.2) is 0 Å². The van der Waals surface area contributed by atoms with Gasteiger partial charge in [0.25, 0.3) is 0 Å². The Morgan fingerprint density at radius 2 is 1.33 bits per heavy atom. The molecule has 2 heterocycles. The van der Waals surface area contributed by atoms with Gasteiger partial charge in [-0.2, -0.15) is 0 Å². The minimum atomic E-state index is -0.220. The van der Waals surface area contributed by atoms with Gasteiger partial charge in [0.05, 0.1) is 42.9 Å². The van der Waals surface area contributed by atoms with Crippen molar-refractivity contribution in [1.82, 2.24) is 0 Å². The van der Waals surface area contributed by atoms with Crippen LogP contribution in [0.1, 0.15) is 38.5 Å². The van der Waals surface area contributed by atoms with Gasteiger partial charge in [0.1, 0.15) is 6.61 Å². The highest BCUT2D eigenvalue weighted by atomic mass is 16.7. The third kappa shape index (κ3) is 3.90. The normalized spacial score (nSPS) is 39.3. The number of hydrogen-bond acceptors (Lipinski definition) is 7. The lowest BCUT2D eigenvalue weighted by atomic mass is 9.89. The van der Waals surface area contributed by atoms with Gasteiger partial charge in [0, 0.05) is 0 Å². The van der Waals surface area contributed by atoms with Gasteiger partial charge in [-0.3, -0.25) is 9.59 Å². The molecular formula is C17H24O7. The number of rotatable bonds is 7. The van der Waals surface area contributed by atoms with E-state index >= 15 is 0 Å². The Balaban J connectivity index is 1.03. The van der Waals surface area contributed by atoms with Crippen molar-refractivity contribution in [2.45, 2.75) is 62.9 Å². The van der Waals surface area contributed by atoms with E-state index in [0.717, 1.165) is 38.5 Å². The van der Waals surface area contributed by atoms with Gasteiger partial charge in [-0.1, -0.05) is 0 Å². The second-order valence-electron chi connectivity index (χ2n) is 7.10. The SMILES string of the molecule is O=C(OCCOCOC(=O)C1CCC2OC2C1)C1CCC2OC2C1. The quantitative estimate of drug-likeness (QED) is 0.298. The molecule has 0 N–H and O–H groups in total. The predicted molar refractivity (Wildman–Crippen MR) is 79.9 cm³/mol. The number of epoxide rings is 2.